The number of hydrogen-bond acceptors (Lipinski definition) is 7. The summed E-state index contributed by atoms with van der Waals surface area (Å²) in [6.07, 6.45) is 3.42. The van der Waals surface area contributed by atoms with Gasteiger partial charge in [0, 0.05) is 25.5 Å². The third kappa shape index (κ3) is 4.16. The maximum Gasteiger partial charge on any atom is 0.244 e. The fraction of sp³-hybridized carbons (Fsp3) is 0.188. The molecule has 2 heterocycles. The maximum absolute atomic E-state index is 12.3. The molecule has 0 amide bonds. The Morgan fingerprint density at radius 1 is 1.08 bits per heavy atom. The fourth-order valence-electron chi connectivity index (χ4n) is 2.24. The number of anilines is 1. The minimum Gasteiger partial charge on any atom is -0.495 e. The summed E-state index contributed by atoms with van der Waals surface area (Å²) in [5.41, 5.74) is 0. The molecule has 0 saturated carbocycles. The molecule has 0 unspecified atom stereocenters. The predicted octanol–water partition coefficient (Wildman–Crippen LogP) is 1.06. The number of sulfonamides is 1. The summed E-state index contributed by atoms with van der Waals surface area (Å²) >= 11 is 0. The fourth-order valence-corrected chi connectivity index (χ4v) is 3.44. The minimum atomic E-state index is -3.66. The summed E-state index contributed by atoms with van der Waals surface area (Å²) in [5, 5.41) is 15.2. The van der Waals surface area contributed by atoms with Crippen LogP contribution >= 0.6 is 0 Å². The lowest BCUT2D eigenvalue weighted by atomic mass is 10.3. The molecular formula is C16H18N6O3S. The van der Waals surface area contributed by atoms with Gasteiger partial charge in [0.15, 0.2) is 5.82 Å². The molecule has 0 atom stereocenters. The highest BCUT2D eigenvalue weighted by Crippen LogP contribution is 2.22. The quantitative estimate of drug-likeness (QED) is 0.567. The second-order valence-corrected chi connectivity index (χ2v) is 6.94. The maximum atomic E-state index is 12.3. The molecule has 0 radical (unpaired) electrons. The number of nitrogens with one attached hydrogen (secondary N) is 2. The average Bonchev–Trinajstić information content (AvgIpc) is 3.20. The highest BCUT2D eigenvalue weighted by Gasteiger charge is 2.18. The molecule has 9 nitrogen and oxygen atoms in total. The summed E-state index contributed by atoms with van der Waals surface area (Å²) in [7, 11) is -2.22. The van der Waals surface area contributed by atoms with Gasteiger partial charge in [0.05, 0.1) is 7.11 Å². The number of rotatable bonds is 8. The molecule has 0 aliphatic heterocycles. The van der Waals surface area contributed by atoms with E-state index in [2.05, 4.69) is 25.3 Å². The standard InChI is InChI=1S/C16H18N6O3S/c1-25-13-5-2-3-6-14(13)26(23,24)19-11-10-17-15-7-8-16(21-20-15)22-12-4-9-18-22/h2-9,12,19H,10-11H2,1H3,(H,17,20). The number of hydrogen-bond donors (Lipinski definition) is 2. The van der Waals surface area contributed by atoms with Gasteiger partial charge < -0.3 is 10.1 Å². The third-order valence-electron chi connectivity index (χ3n) is 3.47. The van der Waals surface area contributed by atoms with Gasteiger partial charge in [0.2, 0.25) is 10.0 Å². The number of methoxy groups -OCH3 is 1. The van der Waals surface area contributed by atoms with Gasteiger partial charge in [-0.05, 0) is 30.3 Å². The first-order valence-corrected chi connectivity index (χ1v) is 9.29. The largest absolute Gasteiger partial charge is 0.495 e. The first kappa shape index (κ1) is 17.8. The average molecular weight is 374 g/mol. The molecule has 0 fully saturated rings. The van der Waals surface area contributed by atoms with E-state index in [4.69, 9.17) is 4.74 Å². The van der Waals surface area contributed by atoms with E-state index < -0.39 is 10.0 Å². The molecule has 26 heavy (non-hydrogen) atoms. The van der Waals surface area contributed by atoms with Crippen molar-refractivity contribution >= 4 is 15.8 Å². The smallest absolute Gasteiger partial charge is 0.244 e. The van der Waals surface area contributed by atoms with Crippen LogP contribution in [0.15, 0.2) is 59.8 Å². The van der Waals surface area contributed by atoms with E-state index in [9.17, 15) is 8.42 Å². The van der Waals surface area contributed by atoms with Crippen LogP contribution in [0.5, 0.6) is 5.75 Å². The van der Waals surface area contributed by atoms with Crippen LogP contribution in [0.25, 0.3) is 5.82 Å². The van der Waals surface area contributed by atoms with Crippen molar-refractivity contribution in [2.45, 2.75) is 4.90 Å². The van der Waals surface area contributed by atoms with Crippen molar-refractivity contribution < 1.29 is 13.2 Å². The lowest BCUT2D eigenvalue weighted by Gasteiger charge is -2.11. The van der Waals surface area contributed by atoms with Gasteiger partial charge >= 0.3 is 0 Å². The monoisotopic (exact) mass is 374 g/mol. The Balaban J connectivity index is 1.53. The Morgan fingerprint density at radius 2 is 1.92 bits per heavy atom. The highest BCUT2D eigenvalue weighted by atomic mass is 32.2. The van der Waals surface area contributed by atoms with Gasteiger partial charge in [0.25, 0.3) is 0 Å². The zero-order chi connectivity index (χ0) is 18.4. The molecule has 3 rings (SSSR count). The molecule has 10 heteroatoms. The van der Waals surface area contributed by atoms with Crippen LogP contribution in [0.3, 0.4) is 0 Å². The topological polar surface area (TPSA) is 111 Å². The Bertz CT molecular complexity index is 942. The molecule has 136 valence electrons. The molecule has 0 spiro atoms. The van der Waals surface area contributed by atoms with Crippen LogP contribution in [0.1, 0.15) is 0 Å². The van der Waals surface area contributed by atoms with Crippen LogP contribution in [0.4, 0.5) is 5.82 Å². The molecule has 1 aromatic carbocycles. The van der Waals surface area contributed by atoms with Crippen molar-refractivity contribution in [1.29, 1.82) is 0 Å². The molecule has 2 aromatic heterocycles. The second kappa shape index (κ2) is 7.93. The van der Waals surface area contributed by atoms with E-state index in [0.717, 1.165) is 0 Å². The normalized spacial score (nSPS) is 11.3. The molecular weight excluding hydrogens is 356 g/mol. The summed E-state index contributed by atoms with van der Waals surface area (Å²) in [4.78, 5) is 0.103. The van der Waals surface area contributed by atoms with Crippen molar-refractivity contribution in [3.05, 3.63) is 54.9 Å². The van der Waals surface area contributed by atoms with Crippen molar-refractivity contribution in [3.63, 3.8) is 0 Å². The molecule has 0 aliphatic carbocycles. The van der Waals surface area contributed by atoms with E-state index in [-0.39, 0.29) is 11.4 Å². The minimum absolute atomic E-state index is 0.103. The van der Waals surface area contributed by atoms with Crippen molar-refractivity contribution in [3.8, 4) is 11.6 Å². The third-order valence-corrected chi connectivity index (χ3v) is 4.97. The van der Waals surface area contributed by atoms with E-state index in [1.54, 1.807) is 53.5 Å². The summed E-state index contributed by atoms with van der Waals surface area (Å²) in [6, 6.07) is 11.8. The number of aromatic nitrogens is 4. The summed E-state index contributed by atoms with van der Waals surface area (Å²) in [5.74, 6) is 1.43. The Morgan fingerprint density at radius 3 is 2.62 bits per heavy atom. The predicted molar refractivity (Wildman–Crippen MR) is 95.8 cm³/mol. The first-order valence-electron chi connectivity index (χ1n) is 7.80. The molecule has 3 aromatic rings. The first-order chi connectivity index (χ1) is 12.6. The SMILES string of the molecule is COc1ccccc1S(=O)(=O)NCCNc1ccc(-n2cccn2)nn1. The van der Waals surface area contributed by atoms with Crippen molar-refractivity contribution in [1.82, 2.24) is 24.7 Å². The molecule has 2 N–H and O–H groups in total. The van der Waals surface area contributed by atoms with Crippen LogP contribution in [-0.4, -0.2) is 48.6 Å². The van der Waals surface area contributed by atoms with Crippen LogP contribution < -0.4 is 14.8 Å². The Kier molecular flexibility index (Phi) is 5.44. The Labute approximate surface area is 151 Å². The van der Waals surface area contributed by atoms with Crippen LogP contribution in [-0.2, 0) is 10.0 Å². The Hall–Kier alpha value is -2.98. The second-order valence-electron chi connectivity index (χ2n) is 5.20. The van der Waals surface area contributed by atoms with Gasteiger partial charge in [-0.15, -0.1) is 10.2 Å². The number of benzene rings is 1. The van der Waals surface area contributed by atoms with Crippen molar-refractivity contribution in [2.24, 2.45) is 0 Å². The zero-order valence-corrected chi connectivity index (χ0v) is 14.8. The molecule has 0 aliphatic rings. The van der Waals surface area contributed by atoms with Gasteiger partial charge in [-0.3, -0.25) is 0 Å². The van der Waals surface area contributed by atoms with Crippen LogP contribution in [0.2, 0.25) is 0 Å². The van der Waals surface area contributed by atoms with E-state index in [1.807, 2.05) is 0 Å². The highest BCUT2D eigenvalue weighted by molar-refractivity contribution is 7.89. The van der Waals surface area contributed by atoms with E-state index in [1.165, 1.54) is 13.2 Å². The van der Waals surface area contributed by atoms with Gasteiger partial charge in [-0.25, -0.2) is 17.8 Å². The lowest BCUT2D eigenvalue weighted by molar-refractivity contribution is 0.402. The van der Waals surface area contributed by atoms with E-state index in [0.29, 0.717) is 23.9 Å². The zero-order valence-electron chi connectivity index (χ0n) is 14.0. The van der Waals surface area contributed by atoms with Gasteiger partial charge in [-0.1, -0.05) is 12.1 Å². The van der Waals surface area contributed by atoms with Crippen molar-refractivity contribution in [2.75, 3.05) is 25.5 Å². The van der Waals surface area contributed by atoms with Crippen LogP contribution in [0, 0.1) is 0 Å². The summed E-state index contributed by atoms with van der Waals surface area (Å²) < 4.78 is 33.9. The summed E-state index contributed by atoms with van der Waals surface area (Å²) in [6.45, 7) is 0.535. The lowest BCUT2D eigenvalue weighted by Crippen LogP contribution is -2.29. The van der Waals surface area contributed by atoms with Gasteiger partial charge in [0.1, 0.15) is 16.5 Å². The molecule has 0 saturated heterocycles. The number of nitrogens with zero attached hydrogens (tertiary/aromatic N) is 4. The number of ether oxygens (including phenoxy) is 1. The van der Waals surface area contributed by atoms with E-state index >= 15 is 0 Å². The van der Waals surface area contributed by atoms with Gasteiger partial charge in [-0.2, -0.15) is 5.10 Å². The number of para-hydroxylation sites is 1. The molecule has 0 bridgehead atoms.